The number of fused-ring (bicyclic) bond motifs is 1. The molecule has 3 heterocycles. The zero-order valence-electron chi connectivity index (χ0n) is 17.2. The van der Waals surface area contributed by atoms with Crippen LogP contribution in [0.3, 0.4) is 0 Å². The van der Waals surface area contributed by atoms with Gasteiger partial charge in [0.05, 0.1) is 0 Å². The summed E-state index contributed by atoms with van der Waals surface area (Å²) in [6.07, 6.45) is -0.868. The van der Waals surface area contributed by atoms with Crippen molar-refractivity contribution in [2.24, 2.45) is 7.05 Å². The Morgan fingerprint density at radius 3 is 2.70 bits per heavy atom. The Morgan fingerprint density at radius 1 is 1.36 bits per heavy atom. The number of hydrogen-bond donors (Lipinski definition) is 2. The van der Waals surface area contributed by atoms with Crippen molar-refractivity contribution in [1.29, 1.82) is 0 Å². The van der Waals surface area contributed by atoms with E-state index >= 15 is 0 Å². The summed E-state index contributed by atoms with van der Waals surface area (Å²) in [5, 5.41) is 23.7. The van der Waals surface area contributed by atoms with Gasteiger partial charge in [0.25, 0.3) is 11.8 Å². The molecular weight excluding hydrogens is 468 g/mol. The number of hydrogen-bond acceptors (Lipinski definition) is 9. The lowest BCUT2D eigenvalue weighted by Gasteiger charge is -2.49. The maximum absolute atomic E-state index is 12.8. The van der Waals surface area contributed by atoms with Crippen LogP contribution in [0.5, 0.6) is 0 Å². The van der Waals surface area contributed by atoms with Crippen LogP contribution >= 0.6 is 23.5 Å². The van der Waals surface area contributed by atoms with Crippen LogP contribution < -0.4 is 5.32 Å². The summed E-state index contributed by atoms with van der Waals surface area (Å²) in [7, 11) is 3.11. The largest absolute Gasteiger partial charge is 0.477 e. The van der Waals surface area contributed by atoms with E-state index in [2.05, 4.69) is 20.8 Å². The van der Waals surface area contributed by atoms with E-state index in [-0.39, 0.29) is 13.1 Å². The lowest BCUT2D eigenvalue weighted by Crippen LogP contribution is -2.71. The first-order valence-corrected chi connectivity index (χ1v) is 11.6. The topological polar surface area (TPSA) is 140 Å². The average Bonchev–Trinajstić information content (AvgIpc) is 3.21. The summed E-state index contributed by atoms with van der Waals surface area (Å²) in [5.41, 5.74) is 1.22. The Hall–Kier alpha value is -2.90. The number of aryl methyl sites for hydroxylation is 1. The molecule has 11 nitrogen and oxygen atoms in total. The standard InChI is InChI=1S/C19H20N6O5S2.CH4/c1-24-19(21-22-23-24)32-9-11-8-31-17-12(16(27)25(17)13(11)18(28)29)20-15(26)14(30-2)10-6-4-3-5-7-10;/h3-7,12,14,17H,8-9H2,1-2H3,(H,20,26)(H,28,29);1H4/t12-,14-,17-;/m1./s1. The first kappa shape index (κ1) is 24.7. The molecule has 1 aromatic carbocycles. The number of nitrogens with one attached hydrogen (secondary N) is 1. The van der Waals surface area contributed by atoms with Crippen LogP contribution in [0, 0.1) is 0 Å². The Kier molecular flexibility index (Phi) is 7.76. The average molecular weight is 493 g/mol. The van der Waals surface area contributed by atoms with Gasteiger partial charge >= 0.3 is 5.97 Å². The van der Waals surface area contributed by atoms with Gasteiger partial charge in [0.1, 0.15) is 17.1 Å². The van der Waals surface area contributed by atoms with E-state index in [1.165, 1.54) is 40.2 Å². The van der Waals surface area contributed by atoms with Crippen molar-refractivity contribution < 1.29 is 24.2 Å². The fraction of sp³-hybridized carbons (Fsp3) is 0.400. The predicted octanol–water partition coefficient (Wildman–Crippen LogP) is 1.06. The van der Waals surface area contributed by atoms with Crippen LogP contribution in [-0.4, -0.2) is 78.0 Å². The molecule has 0 spiro atoms. The van der Waals surface area contributed by atoms with Crippen LogP contribution in [0.25, 0.3) is 0 Å². The molecule has 1 fully saturated rings. The van der Waals surface area contributed by atoms with Crippen molar-refractivity contribution >= 4 is 41.3 Å². The molecule has 2 aliphatic heterocycles. The minimum absolute atomic E-state index is 0. The zero-order valence-corrected chi connectivity index (χ0v) is 18.8. The van der Waals surface area contributed by atoms with Gasteiger partial charge in [0.2, 0.25) is 5.16 Å². The number of thioether (sulfide) groups is 2. The molecule has 13 heteroatoms. The molecule has 2 aliphatic rings. The van der Waals surface area contributed by atoms with Gasteiger partial charge in [-0.3, -0.25) is 14.5 Å². The van der Waals surface area contributed by atoms with Crippen molar-refractivity contribution in [2.45, 2.75) is 30.1 Å². The van der Waals surface area contributed by atoms with Gasteiger partial charge in [-0.1, -0.05) is 49.5 Å². The molecule has 2 N–H and O–H groups in total. The number of carboxylic acids is 1. The van der Waals surface area contributed by atoms with E-state index in [1.807, 2.05) is 6.07 Å². The van der Waals surface area contributed by atoms with Gasteiger partial charge < -0.3 is 15.2 Å². The molecule has 2 amide bonds. The number of benzene rings is 1. The molecule has 0 radical (unpaired) electrons. The molecule has 0 unspecified atom stereocenters. The Morgan fingerprint density at radius 2 is 2.09 bits per heavy atom. The second kappa shape index (κ2) is 10.4. The highest BCUT2D eigenvalue weighted by atomic mass is 32.2. The lowest BCUT2D eigenvalue weighted by molar-refractivity contribution is -0.152. The highest BCUT2D eigenvalue weighted by Crippen LogP contribution is 2.41. The van der Waals surface area contributed by atoms with Crippen molar-refractivity contribution in [3.8, 4) is 0 Å². The maximum Gasteiger partial charge on any atom is 0.352 e. The third-order valence-corrected chi connectivity index (χ3v) is 7.52. The van der Waals surface area contributed by atoms with E-state index in [1.54, 1.807) is 31.3 Å². The van der Waals surface area contributed by atoms with E-state index in [4.69, 9.17) is 4.74 Å². The van der Waals surface area contributed by atoms with Gasteiger partial charge in [-0.15, -0.1) is 16.9 Å². The Bertz CT molecular complexity index is 1080. The molecule has 0 bridgehead atoms. The number of carbonyl (C=O) groups is 3. The minimum Gasteiger partial charge on any atom is -0.477 e. The summed E-state index contributed by atoms with van der Waals surface area (Å²) in [6.45, 7) is 0. The molecule has 0 saturated carbocycles. The van der Waals surface area contributed by atoms with Crippen molar-refractivity contribution in [3.05, 3.63) is 47.2 Å². The number of rotatable bonds is 8. The minimum atomic E-state index is -1.18. The van der Waals surface area contributed by atoms with Crippen LogP contribution in [0.15, 0.2) is 46.8 Å². The number of tetrazole rings is 1. The lowest BCUT2D eigenvalue weighted by atomic mass is 10.0. The van der Waals surface area contributed by atoms with E-state index in [9.17, 15) is 19.5 Å². The van der Waals surface area contributed by atoms with Crippen molar-refractivity contribution in [1.82, 2.24) is 30.4 Å². The van der Waals surface area contributed by atoms with E-state index in [0.29, 0.717) is 27.8 Å². The molecule has 176 valence electrons. The highest BCUT2D eigenvalue weighted by Gasteiger charge is 2.54. The second-order valence-electron chi connectivity index (χ2n) is 7.05. The Labute approximate surface area is 198 Å². The number of aromatic nitrogens is 4. The number of carboxylic acid groups (broad SMARTS) is 1. The molecule has 0 aliphatic carbocycles. The number of amides is 2. The molecular formula is C20H24N6O5S2. The quantitative estimate of drug-likeness (QED) is 0.406. The maximum atomic E-state index is 12.8. The van der Waals surface area contributed by atoms with E-state index in [0.717, 1.165) is 0 Å². The van der Waals surface area contributed by atoms with E-state index < -0.39 is 35.3 Å². The van der Waals surface area contributed by atoms with Crippen LogP contribution in [-0.2, 0) is 26.2 Å². The molecule has 1 aromatic heterocycles. The highest BCUT2D eigenvalue weighted by molar-refractivity contribution is 8.01. The number of ether oxygens (including phenoxy) is 1. The second-order valence-corrected chi connectivity index (χ2v) is 9.10. The van der Waals surface area contributed by atoms with Crippen LogP contribution in [0.1, 0.15) is 19.1 Å². The van der Waals surface area contributed by atoms with Gasteiger partial charge in [-0.25, -0.2) is 9.48 Å². The SMILES string of the molecule is C.CO[C@@H](C(=O)N[C@@H]1C(=O)N2C(C(=O)O)=C(CSc3nnnn3C)CS[C@H]12)c1ccccc1. The summed E-state index contributed by atoms with van der Waals surface area (Å²) >= 11 is 2.70. The van der Waals surface area contributed by atoms with Gasteiger partial charge in [0.15, 0.2) is 6.10 Å². The first-order valence-electron chi connectivity index (χ1n) is 9.55. The Balaban J connectivity index is 0.00000306. The third kappa shape index (κ3) is 4.75. The van der Waals surface area contributed by atoms with Crippen molar-refractivity contribution in [2.75, 3.05) is 18.6 Å². The summed E-state index contributed by atoms with van der Waals surface area (Å²) in [5.74, 6) is -1.35. The first-order chi connectivity index (χ1) is 15.4. The number of aliphatic carboxylic acids is 1. The molecule has 4 rings (SSSR count). The summed E-state index contributed by atoms with van der Waals surface area (Å²) in [4.78, 5) is 38.8. The summed E-state index contributed by atoms with van der Waals surface area (Å²) < 4.78 is 6.81. The third-order valence-electron chi connectivity index (χ3n) is 5.08. The number of nitrogens with zero attached hydrogens (tertiary/aromatic N) is 5. The number of methoxy groups -OCH3 is 1. The van der Waals surface area contributed by atoms with Crippen molar-refractivity contribution in [3.63, 3.8) is 0 Å². The van der Waals surface area contributed by atoms with Crippen LogP contribution in [0.2, 0.25) is 0 Å². The molecule has 3 atom stereocenters. The zero-order chi connectivity index (χ0) is 22.8. The van der Waals surface area contributed by atoms with Gasteiger partial charge in [-0.2, -0.15) is 0 Å². The smallest absolute Gasteiger partial charge is 0.352 e. The number of carbonyl (C=O) groups excluding carboxylic acids is 2. The monoisotopic (exact) mass is 492 g/mol. The van der Waals surface area contributed by atoms with Gasteiger partial charge in [0, 0.05) is 25.7 Å². The predicted molar refractivity (Wildman–Crippen MR) is 122 cm³/mol. The molecule has 1 saturated heterocycles. The van der Waals surface area contributed by atoms with Gasteiger partial charge in [-0.05, 0) is 21.6 Å². The molecule has 2 aromatic rings. The molecule has 33 heavy (non-hydrogen) atoms. The fourth-order valence-electron chi connectivity index (χ4n) is 3.54. The summed E-state index contributed by atoms with van der Waals surface area (Å²) in [6, 6.07) is 8.13. The number of β-lactam (4-membered cyclic amide) rings is 1. The normalized spacial score (nSPS) is 20.4. The fourth-order valence-corrected chi connectivity index (χ4v) is 5.88. The van der Waals surface area contributed by atoms with Crippen LogP contribution in [0.4, 0.5) is 0 Å².